The van der Waals surface area contributed by atoms with Gasteiger partial charge in [0.05, 0.1) is 30.3 Å². The van der Waals surface area contributed by atoms with Crippen molar-refractivity contribution in [1.29, 1.82) is 0 Å². The fraction of sp³-hybridized carbons (Fsp3) is 0.500. The highest BCUT2D eigenvalue weighted by atomic mass is 35.5. The monoisotopic (exact) mass is 443 g/mol. The van der Waals surface area contributed by atoms with Crippen LogP contribution in [0.15, 0.2) is 18.2 Å². The third-order valence-corrected chi connectivity index (χ3v) is 5.78. The number of nitrogens with one attached hydrogen (secondary N) is 3. The molecule has 2 aliphatic rings. The smallest absolute Gasteiger partial charge is 0.548 e. The largest absolute Gasteiger partial charge is 0.610 e. The van der Waals surface area contributed by atoms with Crippen LogP contribution in [0.4, 0.5) is 0 Å². The fourth-order valence-electron chi connectivity index (χ4n) is 3.98. The van der Waals surface area contributed by atoms with Crippen molar-refractivity contribution in [2.75, 3.05) is 26.2 Å². The van der Waals surface area contributed by atoms with E-state index >= 15 is 0 Å². The van der Waals surface area contributed by atoms with E-state index in [-0.39, 0.29) is 35.6 Å². The zero-order valence-electron chi connectivity index (χ0n) is 16.3. The van der Waals surface area contributed by atoms with Gasteiger partial charge in [-0.1, -0.05) is 43.5 Å². The maximum Gasteiger partial charge on any atom is 0.548 e. The lowest BCUT2D eigenvalue weighted by molar-refractivity contribution is -0.781. The number of amides is 2. The lowest BCUT2D eigenvalue weighted by Crippen LogP contribution is -3.21. The fourth-order valence-corrected chi connectivity index (χ4v) is 4.35. The summed E-state index contributed by atoms with van der Waals surface area (Å²) in [6.07, 6.45) is 0.580. The summed E-state index contributed by atoms with van der Waals surface area (Å²) in [5, 5.41) is 6.04. The van der Waals surface area contributed by atoms with Crippen molar-refractivity contribution >= 4 is 47.7 Å². The molecular formula is C18H24BCl2N3O5. The Morgan fingerprint density at radius 1 is 1.31 bits per heavy atom. The van der Waals surface area contributed by atoms with Crippen LogP contribution in [0.2, 0.25) is 10.0 Å². The van der Waals surface area contributed by atoms with Gasteiger partial charge >= 0.3 is 12.7 Å². The third kappa shape index (κ3) is 4.86. The van der Waals surface area contributed by atoms with Crippen molar-refractivity contribution in [2.24, 2.45) is 5.92 Å². The van der Waals surface area contributed by atoms with Crippen LogP contribution in [0.3, 0.4) is 0 Å². The predicted octanol–water partition coefficient (Wildman–Crippen LogP) is 0.204. The van der Waals surface area contributed by atoms with Crippen LogP contribution in [0.25, 0.3) is 0 Å². The molecule has 11 heteroatoms. The number of hydrogen-bond acceptors (Lipinski definition) is 5. The van der Waals surface area contributed by atoms with Gasteiger partial charge in [0, 0.05) is 11.0 Å². The molecule has 0 aromatic heterocycles. The molecule has 0 saturated carbocycles. The molecule has 29 heavy (non-hydrogen) atoms. The van der Waals surface area contributed by atoms with Gasteiger partial charge in [-0.2, -0.15) is 0 Å². The van der Waals surface area contributed by atoms with E-state index in [0.717, 1.165) is 4.81 Å². The number of carbonyl (C=O) groups excluding carboxylic acids is 3. The zero-order chi connectivity index (χ0) is 21.2. The van der Waals surface area contributed by atoms with Crippen LogP contribution in [0.5, 0.6) is 0 Å². The first kappa shape index (κ1) is 21.9. The standard InChI is InChI=1S/C18H24BCl2N3O5/c1-11(2)7-15(19-24(5-6-28-19)10-17(26)29-19)23-16(25)9-22-18(27)13-8-12(20)3-4-14(13)21/h3-4,8,11,15,24H,5-7,9-10H2,1-2H3,(H,22,27)(H,23,25)/t15-,19?/m0/s1. The molecule has 2 amide bonds. The molecule has 158 valence electrons. The van der Waals surface area contributed by atoms with Crippen molar-refractivity contribution in [3.05, 3.63) is 33.8 Å². The summed E-state index contributed by atoms with van der Waals surface area (Å²) < 4.78 is 11.5. The van der Waals surface area contributed by atoms with Crippen LogP contribution in [-0.2, 0) is 18.9 Å². The van der Waals surface area contributed by atoms with E-state index in [1.165, 1.54) is 12.1 Å². The van der Waals surface area contributed by atoms with E-state index in [9.17, 15) is 14.4 Å². The number of carbonyl (C=O) groups is 3. The molecule has 0 bridgehead atoms. The lowest BCUT2D eigenvalue weighted by atomic mass is 9.60. The number of benzene rings is 1. The normalized spacial score (nSPS) is 24.2. The molecule has 8 nitrogen and oxygen atoms in total. The molecule has 2 fully saturated rings. The van der Waals surface area contributed by atoms with Crippen molar-refractivity contribution < 1.29 is 28.5 Å². The number of fused-ring (bicyclic) bond motifs is 1. The first-order valence-electron chi connectivity index (χ1n) is 9.59. The highest BCUT2D eigenvalue weighted by Crippen LogP contribution is 2.21. The summed E-state index contributed by atoms with van der Waals surface area (Å²) in [6.45, 7) is 3.12. The maximum atomic E-state index is 12.6. The molecule has 3 rings (SSSR count). The minimum atomic E-state index is -2.00. The summed E-state index contributed by atoms with van der Waals surface area (Å²) in [5.41, 5.74) is 0.188. The van der Waals surface area contributed by atoms with Gasteiger partial charge in [0.1, 0.15) is 6.54 Å². The molecule has 2 heterocycles. The van der Waals surface area contributed by atoms with E-state index in [1.807, 2.05) is 13.8 Å². The molecule has 1 aromatic carbocycles. The van der Waals surface area contributed by atoms with Crippen LogP contribution < -0.4 is 15.4 Å². The van der Waals surface area contributed by atoms with Crippen LogP contribution >= 0.6 is 23.2 Å². The van der Waals surface area contributed by atoms with Gasteiger partial charge in [0.2, 0.25) is 5.91 Å². The average molecular weight is 444 g/mol. The lowest BCUT2D eigenvalue weighted by Gasteiger charge is -2.38. The number of rotatable bonds is 7. The quantitative estimate of drug-likeness (QED) is 0.523. The Labute approximate surface area is 179 Å². The Morgan fingerprint density at radius 3 is 2.79 bits per heavy atom. The Kier molecular flexibility index (Phi) is 6.73. The first-order valence-corrected chi connectivity index (χ1v) is 10.3. The summed E-state index contributed by atoms with van der Waals surface area (Å²) in [4.78, 5) is 37.7. The van der Waals surface area contributed by atoms with Crippen molar-refractivity contribution in [2.45, 2.75) is 26.2 Å². The van der Waals surface area contributed by atoms with E-state index in [4.69, 9.17) is 32.5 Å². The van der Waals surface area contributed by atoms with Gasteiger partial charge in [-0.15, -0.1) is 0 Å². The predicted molar refractivity (Wildman–Crippen MR) is 109 cm³/mol. The van der Waals surface area contributed by atoms with Gasteiger partial charge in [-0.05, 0) is 24.1 Å². The van der Waals surface area contributed by atoms with E-state index < -0.39 is 24.4 Å². The van der Waals surface area contributed by atoms with Crippen molar-refractivity contribution in [3.63, 3.8) is 0 Å². The van der Waals surface area contributed by atoms with Crippen molar-refractivity contribution in [1.82, 2.24) is 10.6 Å². The van der Waals surface area contributed by atoms with Crippen LogP contribution in [-0.4, -0.2) is 56.7 Å². The van der Waals surface area contributed by atoms with Crippen LogP contribution in [0.1, 0.15) is 30.6 Å². The summed E-state index contributed by atoms with van der Waals surface area (Å²) in [6, 6.07) is 4.53. The second-order valence-corrected chi connectivity index (χ2v) is 8.67. The van der Waals surface area contributed by atoms with Gasteiger partial charge in [0.25, 0.3) is 5.91 Å². The third-order valence-electron chi connectivity index (χ3n) is 5.22. The highest BCUT2D eigenvalue weighted by molar-refractivity contribution is 6.64. The molecule has 1 aromatic rings. The van der Waals surface area contributed by atoms with Gasteiger partial charge < -0.3 is 24.8 Å². The molecular weight excluding hydrogens is 420 g/mol. The minimum Gasteiger partial charge on any atom is -0.610 e. The SMILES string of the molecule is CC(C)C[C@H](NC(=O)CNC(=O)c1cc(Cl)ccc1Cl)[B-]12OCC[NH+]1CC(=O)O2. The first-order chi connectivity index (χ1) is 13.7. The number of hydrogen-bond donors (Lipinski definition) is 3. The molecule has 3 N–H and O–H groups in total. The molecule has 0 radical (unpaired) electrons. The highest BCUT2D eigenvalue weighted by Gasteiger charge is 2.60. The number of halogens is 2. The minimum absolute atomic E-state index is 0.188. The zero-order valence-corrected chi connectivity index (χ0v) is 17.8. The molecule has 0 aliphatic carbocycles. The second-order valence-electron chi connectivity index (χ2n) is 7.83. The molecule has 3 atom stereocenters. The van der Waals surface area contributed by atoms with Crippen molar-refractivity contribution in [3.8, 4) is 0 Å². The molecule has 2 unspecified atom stereocenters. The Balaban J connectivity index is 1.65. The van der Waals surface area contributed by atoms with E-state index in [1.54, 1.807) is 6.07 Å². The second kappa shape index (κ2) is 8.91. The number of quaternary nitrogens is 1. The summed E-state index contributed by atoms with van der Waals surface area (Å²) in [5.74, 6) is -1.48. The summed E-state index contributed by atoms with van der Waals surface area (Å²) >= 11 is 11.9. The molecule has 0 spiro atoms. The molecule has 2 aliphatic heterocycles. The summed E-state index contributed by atoms with van der Waals surface area (Å²) in [7, 11) is 0. The molecule has 2 saturated heterocycles. The topological polar surface area (TPSA) is 98.2 Å². The van der Waals surface area contributed by atoms with Crippen LogP contribution in [0, 0.1) is 5.92 Å². The van der Waals surface area contributed by atoms with Gasteiger partial charge in [-0.25, -0.2) is 0 Å². The van der Waals surface area contributed by atoms with E-state index in [2.05, 4.69) is 10.6 Å². The van der Waals surface area contributed by atoms with Gasteiger partial charge in [-0.3, -0.25) is 14.4 Å². The Morgan fingerprint density at radius 2 is 2.07 bits per heavy atom. The Bertz CT molecular complexity index is 825. The Hall–Kier alpha value is -1.81. The maximum absolute atomic E-state index is 12.6. The van der Waals surface area contributed by atoms with E-state index in [0.29, 0.717) is 24.6 Å². The van der Waals surface area contributed by atoms with Gasteiger partial charge in [0.15, 0.2) is 0 Å². The average Bonchev–Trinajstić information content (AvgIpc) is 3.17.